The van der Waals surface area contributed by atoms with Gasteiger partial charge in [0.2, 0.25) is 0 Å². The van der Waals surface area contributed by atoms with Crippen LogP contribution in [0.3, 0.4) is 0 Å². The normalized spacial score (nSPS) is 10.8. The van der Waals surface area contributed by atoms with Crippen molar-refractivity contribution < 1.29 is 0 Å². The molecule has 0 aliphatic heterocycles. The van der Waals surface area contributed by atoms with Crippen LogP contribution in [-0.2, 0) is 13.1 Å². The van der Waals surface area contributed by atoms with Gasteiger partial charge in [-0.25, -0.2) is 4.98 Å². The number of hydrogen-bond donors (Lipinski definition) is 1. The first-order chi connectivity index (χ1) is 8.79. The molecule has 0 radical (unpaired) electrons. The molecule has 2 rings (SSSR count). The summed E-state index contributed by atoms with van der Waals surface area (Å²) in [7, 11) is 0. The SMILES string of the molecule is CCCNCc1nccn1Cc1ccc(Cl)cc1. The van der Waals surface area contributed by atoms with Crippen molar-refractivity contribution in [3.63, 3.8) is 0 Å². The van der Waals surface area contributed by atoms with Crippen LogP contribution in [0.1, 0.15) is 24.7 Å². The highest BCUT2D eigenvalue weighted by Crippen LogP contribution is 2.11. The molecule has 0 saturated carbocycles. The summed E-state index contributed by atoms with van der Waals surface area (Å²) in [5.74, 6) is 1.07. The van der Waals surface area contributed by atoms with Gasteiger partial charge in [0.25, 0.3) is 0 Å². The fraction of sp³-hybridized carbons (Fsp3) is 0.357. The molecule has 96 valence electrons. The first kappa shape index (κ1) is 13.1. The average molecular weight is 264 g/mol. The predicted molar refractivity (Wildman–Crippen MR) is 74.8 cm³/mol. The van der Waals surface area contributed by atoms with E-state index < -0.39 is 0 Å². The lowest BCUT2D eigenvalue weighted by Crippen LogP contribution is -2.17. The number of nitrogens with one attached hydrogen (secondary N) is 1. The Morgan fingerprint density at radius 3 is 2.78 bits per heavy atom. The standard InChI is InChI=1S/C14H18ClN3/c1-2-7-16-10-14-17-8-9-18(14)11-12-3-5-13(15)6-4-12/h3-6,8-9,16H,2,7,10-11H2,1H3. The van der Waals surface area contributed by atoms with Gasteiger partial charge in [-0.3, -0.25) is 0 Å². The first-order valence-corrected chi connectivity index (χ1v) is 6.62. The fourth-order valence-corrected chi connectivity index (χ4v) is 1.94. The van der Waals surface area contributed by atoms with Crippen LogP contribution in [-0.4, -0.2) is 16.1 Å². The van der Waals surface area contributed by atoms with Crippen molar-refractivity contribution in [2.75, 3.05) is 6.54 Å². The Morgan fingerprint density at radius 1 is 1.28 bits per heavy atom. The molecule has 0 unspecified atom stereocenters. The van der Waals surface area contributed by atoms with E-state index in [0.717, 1.165) is 36.9 Å². The van der Waals surface area contributed by atoms with Gasteiger partial charge in [0.15, 0.2) is 0 Å². The lowest BCUT2D eigenvalue weighted by molar-refractivity contribution is 0.615. The Hall–Kier alpha value is -1.32. The second kappa shape index (κ2) is 6.57. The van der Waals surface area contributed by atoms with E-state index in [1.807, 2.05) is 36.7 Å². The van der Waals surface area contributed by atoms with Gasteiger partial charge < -0.3 is 9.88 Å². The average Bonchev–Trinajstić information content (AvgIpc) is 2.80. The number of aromatic nitrogens is 2. The minimum absolute atomic E-state index is 0.772. The van der Waals surface area contributed by atoms with Gasteiger partial charge in [-0.05, 0) is 30.7 Å². The third kappa shape index (κ3) is 3.59. The molecule has 4 heteroatoms. The van der Waals surface area contributed by atoms with E-state index >= 15 is 0 Å². The van der Waals surface area contributed by atoms with E-state index in [2.05, 4.69) is 21.8 Å². The molecule has 0 bridgehead atoms. The zero-order valence-corrected chi connectivity index (χ0v) is 11.3. The molecule has 18 heavy (non-hydrogen) atoms. The minimum atomic E-state index is 0.772. The van der Waals surface area contributed by atoms with Crippen LogP contribution in [0.25, 0.3) is 0 Å². The van der Waals surface area contributed by atoms with Crippen molar-refractivity contribution in [1.82, 2.24) is 14.9 Å². The largest absolute Gasteiger partial charge is 0.329 e. The van der Waals surface area contributed by atoms with Crippen LogP contribution in [0.4, 0.5) is 0 Å². The summed E-state index contributed by atoms with van der Waals surface area (Å²) in [6.45, 7) is 4.83. The van der Waals surface area contributed by atoms with Gasteiger partial charge in [0, 0.05) is 24.0 Å². The molecule has 1 aromatic heterocycles. The molecular formula is C14H18ClN3. The predicted octanol–water partition coefficient (Wildman–Crippen LogP) is 3.08. The van der Waals surface area contributed by atoms with Crippen molar-refractivity contribution in [2.24, 2.45) is 0 Å². The van der Waals surface area contributed by atoms with Crippen LogP contribution < -0.4 is 5.32 Å². The van der Waals surface area contributed by atoms with Crippen LogP contribution in [0.5, 0.6) is 0 Å². The summed E-state index contributed by atoms with van der Waals surface area (Å²) in [5.41, 5.74) is 1.23. The molecule has 2 aromatic rings. The Kier molecular flexibility index (Phi) is 4.79. The van der Waals surface area contributed by atoms with Crippen LogP contribution >= 0.6 is 11.6 Å². The number of imidazole rings is 1. The first-order valence-electron chi connectivity index (χ1n) is 6.24. The van der Waals surface area contributed by atoms with Crippen LogP contribution in [0.15, 0.2) is 36.7 Å². The van der Waals surface area contributed by atoms with E-state index in [-0.39, 0.29) is 0 Å². The van der Waals surface area contributed by atoms with E-state index in [4.69, 9.17) is 11.6 Å². The number of benzene rings is 1. The molecule has 0 saturated heterocycles. The molecule has 3 nitrogen and oxygen atoms in total. The second-order valence-corrected chi connectivity index (χ2v) is 4.71. The van der Waals surface area contributed by atoms with E-state index in [1.54, 1.807) is 0 Å². The highest BCUT2D eigenvalue weighted by Gasteiger charge is 2.02. The van der Waals surface area contributed by atoms with E-state index in [9.17, 15) is 0 Å². The van der Waals surface area contributed by atoms with Gasteiger partial charge in [-0.2, -0.15) is 0 Å². The molecule has 0 spiro atoms. The Balaban J connectivity index is 2.00. The van der Waals surface area contributed by atoms with Crippen molar-refractivity contribution in [2.45, 2.75) is 26.4 Å². The third-order valence-electron chi connectivity index (χ3n) is 2.78. The number of nitrogens with zero attached hydrogens (tertiary/aromatic N) is 2. The molecule has 1 aromatic carbocycles. The zero-order chi connectivity index (χ0) is 12.8. The topological polar surface area (TPSA) is 29.9 Å². The number of rotatable bonds is 6. The minimum Gasteiger partial charge on any atom is -0.329 e. The summed E-state index contributed by atoms with van der Waals surface area (Å²) in [4.78, 5) is 4.38. The van der Waals surface area contributed by atoms with Crippen molar-refractivity contribution >= 4 is 11.6 Å². The number of hydrogen-bond acceptors (Lipinski definition) is 2. The second-order valence-electron chi connectivity index (χ2n) is 4.27. The summed E-state index contributed by atoms with van der Waals surface area (Å²) < 4.78 is 2.16. The Morgan fingerprint density at radius 2 is 2.06 bits per heavy atom. The van der Waals surface area contributed by atoms with Gasteiger partial charge in [-0.15, -0.1) is 0 Å². The highest BCUT2D eigenvalue weighted by atomic mass is 35.5. The maximum Gasteiger partial charge on any atom is 0.122 e. The van der Waals surface area contributed by atoms with Crippen molar-refractivity contribution in [3.8, 4) is 0 Å². The Bertz CT molecular complexity index is 476. The van der Waals surface area contributed by atoms with E-state index in [0.29, 0.717) is 0 Å². The van der Waals surface area contributed by atoms with Gasteiger partial charge in [0.1, 0.15) is 5.82 Å². The lowest BCUT2D eigenvalue weighted by Gasteiger charge is -2.08. The zero-order valence-electron chi connectivity index (χ0n) is 10.6. The molecular weight excluding hydrogens is 246 g/mol. The van der Waals surface area contributed by atoms with E-state index in [1.165, 1.54) is 5.56 Å². The van der Waals surface area contributed by atoms with Gasteiger partial charge >= 0.3 is 0 Å². The molecule has 0 atom stereocenters. The maximum absolute atomic E-state index is 5.88. The summed E-state index contributed by atoms with van der Waals surface area (Å²) in [6.07, 6.45) is 4.99. The molecule has 0 aliphatic rings. The monoisotopic (exact) mass is 263 g/mol. The Labute approximate surface area is 113 Å². The molecule has 0 amide bonds. The molecule has 0 fully saturated rings. The maximum atomic E-state index is 5.88. The molecule has 1 heterocycles. The summed E-state index contributed by atoms with van der Waals surface area (Å²) in [6, 6.07) is 7.93. The molecule has 0 aliphatic carbocycles. The third-order valence-corrected chi connectivity index (χ3v) is 3.03. The summed E-state index contributed by atoms with van der Waals surface area (Å²) in [5, 5.41) is 4.14. The molecule has 1 N–H and O–H groups in total. The quantitative estimate of drug-likeness (QED) is 0.812. The lowest BCUT2D eigenvalue weighted by atomic mass is 10.2. The smallest absolute Gasteiger partial charge is 0.122 e. The summed E-state index contributed by atoms with van der Waals surface area (Å²) >= 11 is 5.88. The van der Waals surface area contributed by atoms with Crippen LogP contribution in [0.2, 0.25) is 5.02 Å². The van der Waals surface area contributed by atoms with Crippen molar-refractivity contribution in [3.05, 3.63) is 53.1 Å². The van der Waals surface area contributed by atoms with Crippen LogP contribution in [0, 0.1) is 0 Å². The van der Waals surface area contributed by atoms with Gasteiger partial charge in [-0.1, -0.05) is 30.7 Å². The van der Waals surface area contributed by atoms with Gasteiger partial charge in [0.05, 0.1) is 6.54 Å². The number of halogens is 1. The fourth-order valence-electron chi connectivity index (χ4n) is 1.81. The highest BCUT2D eigenvalue weighted by molar-refractivity contribution is 6.30. The van der Waals surface area contributed by atoms with Crippen molar-refractivity contribution in [1.29, 1.82) is 0 Å².